The molecule has 176 valence electrons. The Kier molecular flexibility index (Phi) is 5.65. The van der Waals surface area contributed by atoms with Crippen LogP contribution in [0.4, 0.5) is 14.6 Å². The number of benzene rings is 2. The first-order valence-corrected chi connectivity index (χ1v) is 11.2. The minimum atomic E-state index is -0.798. The average molecular weight is 473 g/mol. The van der Waals surface area contributed by atoms with E-state index < -0.39 is 17.6 Å². The van der Waals surface area contributed by atoms with E-state index in [9.17, 15) is 23.9 Å². The van der Waals surface area contributed by atoms with E-state index in [1.165, 1.54) is 18.2 Å². The molecular weight excluding hydrogens is 452 g/mol. The van der Waals surface area contributed by atoms with Gasteiger partial charge in [0.15, 0.2) is 0 Å². The van der Waals surface area contributed by atoms with Crippen LogP contribution in [0.15, 0.2) is 48.5 Å². The third kappa shape index (κ3) is 3.97. The standard InChI is InChI=1S/C26H21F2N5O2/c27-19-2-1-3-20(28)23(19)21-11-8-14-4-5-16(12-22(14)31-21)24-18(13-29)25(30)33(32-24)17-9-6-15(7-10-17)26(34)35/h1-5,8,11-12,15,17H,6-7,9-10,30H2,(H,34,35). The molecule has 0 saturated heterocycles. The summed E-state index contributed by atoms with van der Waals surface area (Å²) in [6.45, 7) is 0. The van der Waals surface area contributed by atoms with Gasteiger partial charge in [0, 0.05) is 10.9 Å². The predicted molar refractivity (Wildman–Crippen MR) is 126 cm³/mol. The van der Waals surface area contributed by atoms with E-state index in [4.69, 9.17) is 5.73 Å². The number of halogens is 2. The van der Waals surface area contributed by atoms with Gasteiger partial charge >= 0.3 is 5.97 Å². The summed E-state index contributed by atoms with van der Waals surface area (Å²) in [6.07, 6.45) is 2.24. The van der Waals surface area contributed by atoms with E-state index in [1.54, 1.807) is 35.0 Å². The summed E-state index contributed by atoms with van der Waals surface area (Å²) < 4.78 is 30.2. The highest BCUT2D eigenvalue weighted by Gasteiger charge is 2.30. The van der Waals surface area contributed by atoms with Crippen molar-refractivity contribution in [1.29, 1.82) is 5.26 Å². The third-order valence-corrected chi connectivity index (χ3v) is 6.64. The molecule has 0 unspecified atom stereocenters. The first kappa shape index (κ1) is 22.5. The van der Waals surface area contributed by atoms with Crippen molar-refractivity contribution in [2.45, 2.75) is 31.7 Å². The molecule has 0 atom stereocenters. The molecular formula is C26H21F2N5O2. The second-order valence-electron chi connectivity index (χ2n) is 8.71. The molecule has 1 aliphatic carbocycles. The van der Waals surface area contributed by atoms with Gasteiger partial charge in [-0.1, -0.05) is 24.3 Å². The van der Waals surface area contributed by atoms with Crippen LogP contribution in [-0.4, -0.2) is 25.8 Å². The molecule has 0 bridgehead atoms. The quantitative estimate of drug-likeness (QED) is 0.415. The van der Waals surface area contributed by atoms with Gasteiger partial charge in [0.1, 0.15) is 34.8 Å². The van der Waals surface area contributed by atoms with Crippen molar-refractivity contribution in [3.05, 3.63) is 65.7 Å². The number of carboxylic acids is 1. The maximum absolute atomic E-state index is 14.3. The van der Waals surface area contributed by atoms with Gasteiger partial charge < -0.3 is 10.8 Å². The number of nitriles is 1. The molecule has 0 spiro atoms. The van der Waals surface area contributed by atoms with Crippen LogP contribution >= 0.6 is 0 Å². The van der Waals surface area contributed by atoms with Crippen molar-refractivity contribution in [2.24, 2.45) is 5.92 Å². The number of aliphatic carboxylic acids is 1. The van der Waals surface area contributed by atoms with E-state index >= 15 is 0 Å². The van der Waals surface area contributed by atoms with Crippen molar-refractivity contribution >= 4 is 22.7 Å². The zero-order chi connectivity index (χ0) is 24.7. The molecule has 1 saturated carbocycles. The van der Waals surface area contributed by atoms with E-state index in [1.807, 2.05) is 0 Å². The molecule has 0 amide bonds. The SMILES string of the molecule is N#Cc1c(-c2ccc3ccc(-c4c(F)cccc4F)nc3c2)nn(C2CCC(C(=O)O)CC2)c1N. The summed E-state index contributed by atoms with van der Waals surface area (Å²) in [7, 11) is 0. The lowest BCUT2D eigenvalue weighted by atomic mass is 9.86. The van der Waals surface area contributed by atoms with Crippen LogP contribution in [0.3, 0.4) is 0 Å². The molecule has 2 aromatic carbocycles. The third-order valence-electron chi connectivity index (χ3n) is 6.64. The minimum Gasteiger partial charge on any atom is -0.481 e. The number of carboxylic acid groups (broad SMARTS) is 1. The number of carbonyl (C=O) groups is 1. The highest BCUT2D eigenvalue weighted by Crippen LogP contribution is 2.37. The van der Waals surface area contributed by atoms with Crippen LogP contribution in [0.2, 0.25) is 0 Å². The molecule has 0 aliphatic heterocycles. The van der Waals surface area contributed by atoms with Crippen LogP contribution in [0.25, 0.3) is 33.4 Å². The van der Waals surface area contributed by atoms with Crippen molar-refractivity contribution in [3.8, 4) is 28.6 Å². The van der Waals surface area contributed by atoms with E-state index in [0.29, 0.717) is 42.5 Å². The zero-order valence-corrected chi connectivity index (χ0v) is 18.6. The van der Waals surface area contributed by atoms with E-state index in [0.717, 1.165) is 5.39 Å². The minimum absolute atomic E-state index is 0.0966. The zero-order valence-electron chi connectivity index (χ0n) is 18.6. The van der Waals surface area contributed by atoms with Gasteiger partial charge in [0.25, 0.3) is 0 Å². The second kappa shape index (κ2) is 8.80. The van der Waals surface area contributed by atoms with Gasteiger partial charge in [-0.2, -0.15) is 10.4 Å². The summed E-state index contributed by atoms with van der Waals surface area (Å²) >= 11 is 0. The van der Waals surface area contributed by atoms with Crippen LogP contribution < -0.4 is 5.73 Å². The Bertz CT molecular complexity index is 1480. The van der Waals surface area contributed by atoms with Gasteiger partial charge in [-0.05, 0) is 49.9 Å². The Morgan fingerprint density at radius 1 is 1.09 bits per heavy atom. The maximum atomic E-state index is 14.3. The smallest absolute Gasteiger partial charge is 0.306 e. The van der Waals surface area contributed by atoms with Crippen LogP contribution in [0, 0.1) is 28.9 Å². The Balaban J connectivity index is 1.54. The largest absolute Gasteiger partial charge is 0.481 e. The first-order valence-electron chi connectivity index (χ1n) is 11.2. The van der Waals surface area contributed by atoms with Crippen molar-refractivity contribution in [2.75, 3.05) is 5.73 Å². The van der Waals surface area contributed by atoms with Gasteiger partial charge in [0.05, 0.1) is 28.7 Å². The fourth-order valence-electron chi connectivity index (χ4n) is 4.75. The highest BCUT2D eigenvalue weighted by atomic mass is 19.1. The Morgan fingerprint density at radius 2 is 1.77 bits per heavy atom. The summed E-state index contributed by atoms with van der Waals surface area (Å²) in [4.78, 5) is 15.7. The van der Waals surface area contributed by atoms with Crippen LogP contribution in [0.5, 0.6) is 0 Å². The number of aromatic nitrogens is 3. The van der Waals surface area contributed by atoms with E-state index in [2.05, 4.69) is 16.2 Å². The number of pyridine rings is 1. The van der Waals surface area contributed by atoms with Gasteiger partial charge in [-0.3, -0.25) is 4.79 Å². The molecule has 5 rings (SSSR count). The number of nitrogens with two attached hydrogens (primary N) is 1. The molecule has 2 aromatic heterocycles. The fourth-order valence-corrected chi connectivity index (χ4v) is 4.75. The lowest BCUT2D eigenvalue weighted by Gasteiger charge is -2.26. The Morgan fingerprint density at radius 3 is 2.43 bits per heavy atom. The predicted octanol–water partition coefficient (Wildman–Crippen LogP) is 5.31. The molecule has 4 aromatic rings. The Hall–Kier alpha value is -4.32. The molecule has 7 nitrogen and oxygen atoms in total. The fraction of sp³-hybridized carbons (Fsp3) is 0.231. The number of hydrogen-bond donors (Lipinski definition) is 2. The number of nitrogen functional groups attached to an aromatic ring is 1. The average Bonchev–Trinajstić information content (AvgIpc) is 3.19. The normalized spacial score (nSPS) is 17.9. The number of nitrogens with zero attached hydrogens (tertiary/aromatic N) is 4. The molecule has 0 radical (unpaired) electrons. The maximum Gasteiger partial charge on any atom is 0.306 e. The van der Waals surface area contributed by atoms with E-state index in [-0.39, 0.29) is 34.6 Å². The molecule has 2 heterocycles. The van der Waals surface area contributed by atoms with Gasteiger partial charge in [-0.15, -0.1) is 0 Å². The van der Waals surface area contributed by atoms with Crippen molar-refractivity contribution in [1.82, 2.24) is 14.8 Å². The Labute approximate surface area is 199 Å². The number of fused-ring (bicyclic) bond motifs is 1. The topological polar surface area (TPSA) is 118 Å². The first-order chi connectivity index (χ1) is 16.9. The number of rotatable bonds is 4. The molecule has 9 heteroatoms. The highest BCUT2D eigenvalue weighted by molar-refractivity contribution is 5.87. The number of anilines is 1. The molecule has 1 fully saturated rings. The summed E-state index contributed by atoms with van der Waals surface area (Å²) in [5.41, 5.74) is 7.93. The monoisotopic (exact) mass is 473 g/mol. The lowest BCUT2D eigenvalue weighted by Crippen LogP contribution is -2.24. The molecule has 3 N–H and O–H groups in total. The van der Waals surface area contributed by atoms with Gasteiger partial charge in [0.2, 0.25) is 0 Å². The summed E-state index contributed by atoms with van der Waals surface area (Å²) in [5, 5.41) is 24.4. The molecule has 35 heavy (non-hydrogen) atoms. The summed E-state index contributed by atoms with van der Waals surface area (Å²) in [6, 6.07) is 14.3. The second-order valence-corrected chi connectivity index (χ2v) is 8.71. The van der Waals surface area contributed by atoms with Crippen LogP contribution in [0.1, 0.15) is 37.3 Å². The van der Waals surface area contributed by atoms with Crippen LogP contribution in [-0.2, 0) is 4.79 Å². The molecule has 1 aliphatic rings. The number of hydrogen-bond acceptors (Lipinski definition) is 5. The lowest BCUT2D eigenvalue weighted by molar-refractivity contribution is -0.143. The van der Waals surface area contributed by atoms with Gasteiger partial charge in [-0.25, -0.2) is 18.4 Å². The van der Waals surface area contributed by atoms with Crippen molar-refractivity contribution < 1.29 is 18.7 Å². The summed E-state index contributed by atoms with van der Waals surface area (Å²) in [5.74, 6) is -2.35. The van der Waals surface area contributed by atoms with Crippen molar-refractivity contribution in [3.63, 3.8) is 0 Å².